The lowest BCUT2D eigenvalue weighted by Gasteiger charge is -2.10. The summed E-state index contributed by atoms with van der Waals surface area (Å²) in [5.41, 5.74) is 1.63. The zero-order valence-electron chi connectivity index (χ0n) is 13.2. The second kappa shape index (κ2) is 7.46. The third-order valence-electron chi connectivity index (χ3n) is 3.46. The predicted molar refractivity (Wildman–Crippen MR) is 88.8 cm³/mol. The van der Waals surface area contributed by atoms with Crippen molar-refractivity contribution in [2.24, 2.45) is 0 Å². The van der Waals surface area contributed by atoms with Crippen molar-refractivity contribution in [3.63, 3.8) is 0 Å². The Kier molecular flexibility index (Phi) is 5.60. The third kappa shape index (κ3) is 4.45. The second-order valence-electron chi connectivity index (χ2n) is 5.20. The smallest absolute Gasteiger partial charge is 0.262 e. The zero-order valence-corrected chi connectivity index (χ0v) is 14.0. The van der Waals surface area contributed by atoms with E-state index in [4.69, 9.17) is 4.74 Å². The number of unbranched alkanes of at least 4 members (excludes halogenated alkanes) is 1. The normalized spacial score (nSPS) is 11.3. The molecule has 4 nitrogen and oxygen atoms in total. The Morgan fingerprint density at radius 2 is 1.83 bits per heavy atom. The van der Waals surface area contributed by atoms with Gasteiger partial charge in [-0.25, -0.2) is 12.8 Å². The number of hydrogen-bond acceptors (Lipinski definition) is 3. The van der Waals surface area contributed by atoms with Gasteiger partial charge in [0.25, 0.3) is 10.0 Å². The van der Waals surface area contributed by atoms with Gasteiger partial charge in [0, 0.05) is 11.8 Å². The standard InChI is InChI=1S/C17H20FNO3S/c1-3-4-5-13-6-8-14(9-7-13)19-23(20,21)15-10-11-16(18)17(12-15)22-2/h6-12,19H,3-5H2,1-2H3. The molecule has 0 aliphatic carbocycles. The highest BCUT2D eigenvalue weighted by molar-refractivity contribution is 7.92. The van der Waals surface area contributed by atoms with Crippen LogP contribution in [0.1, 0.15) is 25.3 Å². The van der Waals surface area contributed by atoms with Gasteiger partial charge < -0.3 is 4.74 Å². The molecule has 2 aromatic rings. The van der Waals surface area contributed by atoms with Crippen molar-refractivity contribution in [2.75, 3.05) is 11.8 Å². The Labute approximate surface area is 136 Å². The van der Waals surface area contributed by atoms with Crippen LogP contribution in [0.25, 0.3) is 0 Å². The van der Waals surface area contributed by atoms with Gasteiger partial charge in [0.1, 0.15) is 0 Å². The first-order valence-corrected chi connectivity index (χ1v) is 8.90. The van der Waals surface area contributed by atoms with Crippen molar-refractivity contribution in [2.45, 2.75) is 31.1 Å². The van der Waals surface area contributed by atoms with Gasteiger partial charge in [-0.3, -0.25) is 4.72 Å². The molecule has 0 saturated carbocycles. The second-order valence-corrected chi connectivity index (χ2v) is 6.88. The molecule has 0 bridgehead atoms. The number of sulfonamides is 1. The summed E-state index contributed by atoms with van der Waals surface area (Å²) in [4.78, 5) is -0.0502. The lowest BCUT2D eigenvalue weighted by Crippen LogP contribution is -2.13. The minimum Gasteiger partial charge on any atom is -0.494 e. The number of ether oxygens (including phenoxy) is 1. The number of nitrogens with one attached hydrogen (secondary N) is 1. The SMILES string of the molecule is CCCCc1ccc(NS(=O)(=O)c2ccc(F)c(OC)c2)cc1. The van der Waals surface area contributed by atoms with E-state index in [-0.39, 0.29) is 10.6 Å². The molecule has 0 radical (unpaired) electrons. The Morgan fingerprint density at radius 1 is 1.13 bits per heavy atom. The van der Waals surface area contributed by atoms with Crippen molar-refractivity contribution in [1.82, 2.24) is 0 Å². The molecule has 2 aromatic carbocycles. The molecule has 124 valence electrons. The number of hydrogen-bond donors (Lipinski definition) is 1. The number of halogens is 1. The Balaban J connectivity index is 2.17. The Bertz CT molecular complexity index is 758. The quantitative estimate of drug-likeness (QED) is 0.831. The van der Waals surface area contributed by atoms with E-state index in [9.17, 15) is 12.8 Å². The zero-order chi connectivity index (χ0) is 16.9. The molecule has 2 rings (SSSR count). The van der Waals surface area contributed by atoms with Gasteiger partial charge in [-0.15, -0.1) is 0 Å². The van der Waals surface area contributed by atoms with Gasteiger partial charge >= 0.3 is 0 Å². The minimum absolute atomic E-state index is 0.0502. The molecule has 0 spiro atoms. The lowest BCUT2D eigenvalue weighted by atomic mass is 10.1. The van der Waals surface area contributed by atoms with Crippen LogP contribution in [0.4, 0.5) is 10.1 Å². The van der Waals surface area contributed by atoms with Crippen molar-refractivity contribution in [3.8, 4) is 5.75 Å². The molecule has 0 unspecified atom stereocenters. The molecule has 0 amide bonds. The summed E-state index contributed by atoms with van der Waals surface area (Å²) >= 11 is 0. The first-order chi connectivity index (χ1) is 11.0. The van der Waals surface area contributed by atoms with Gasteiger partial charge in [-0.05, 0) is 42.7 Å². The largest absolute Gasteiger partial charge is 0.494 e. The molecule has 23 heavy (non-hydrogen) atoms. The summed E-state index contributed by atoms with van der Waals surface area (Å²) < 4.78 is 45.4. The topological polar surface area (TPSA) is 55.4 Å². The van der Waals surface area contributed by atoms with Crippen LogP contribution in [-0.2, 0) is 16.4 Å². The number of rotatable bonds is 7. The highest BCUT2D eigenvalue weighted by atomic mass is 32.2. The minimum atomic E-state index is -3.79. The van der Waals surface area contributed by atoms with E-state index in [1.807, 2.05) is 12.1 Å². The molecule has 0 aliphatic heterocycles. The average Bonchev–Trinajstić information content (AvgIpc) is 2.54. The number of methoxy groups -OCH3 is 1. The number of benzene rings is 2. The first kappa shape index (κ1) is 17.3. The van der Waals surface area contributed by atoms with E-state index < -0.39 is 15.8 Å². The van der Waals surface area contributed by atoms with Crippen molar-refractivity contribution in [1.29, 1.82) is 0 Å². The molecule has 0 fully saturated rings. The summed E-state index contributed by atoms with van der Waals surface area (Å²) in [6, 6.07) is 10.7. The lowest BCUT2D eigenvalue weighted by molar-refractivity contribution is 0.385. The predicted octanol–water partition coefficient (Wildman–Crippen LogP) is 3.98. The van der Waals surface area contributed by atoms with Gasteiger partial charge in [0.15, 0.2) is 11.6 Å². The fourth-order valence-electron chi connectivity index (χ4n) is 2.14. The van der Waals surface area contributed by atoms with Crippen molar-refractivity contribution >= 4 is 15.7 Å². The molecule has 0 aliphatic rings. The maximum atomic E-state index is 13.4. The van der Waals surface area contributed by atoms with Crippen molar-refractivity contribution < 1.29 is 17.5 Å². The molecule has 6 heteroatoms. The van der Waals surface area contributed by atoms with E-state index in [0.29, 0.717) is 5.69 Å². The van der Waals surface area contributed by atoms with E-state index in [1.165, 1.54) is 18.7 Å². The van der Waals surface area contributed by atoms with Crippen LogP contribution in [0.2, 0.25) is 0 Å². The Morgan fingerprint density at radius 3 is 2.43 bits per heavy atom. The highest BCUT2D eigenvalue weighted by Crippen LogP contribution is 2.23. The highest BCUT2D eigenvalue weighted by Gasteiger charge is 2.16. The first-order valence-electron chi connectivity index (χ1n) is 7.41. The number of anilines is 1. The summed E-state index contributed by atoms with van der Waals surface area (Å²) in [5.74, 6) is -0.713. The Hall–Kier alpha value is -2.08. The molecule has 1 N–H and O–H groups in total. The van der Waals surface area contributed by atoms with E-state index in [2.05, 4.69) is 11.6 Å². The van der Waals surface area contributed by atoms with Gasteiger partial charge in [-0.2, -0.15) is 0 Å². The molecular formula is C17H20FNO3S. The van der Waals surface area contributed by atoms with E-state index in [1.54, 1.807) is 12.1 Å². The van der Waals surface area contributed by atoms with Crippen LogP contribution >= 0.6 is 0 Å². The van der Waals surface area contributed by atoms with Gasteiger partial charge in [-0.1, -0.05) is 25.5 Å². The maximum absolute atomic E-state index is 13.4. The molecular weight excluding hydrogens is 317 g/mol. The number of aryl methyl sites for hydroxylation is 1. The van der Waals surface area contributed by atoms with Gasteiger partial charge in [0.2, 0.25) is 0 Å². The summed E-state index contributed by atoms with van der Waals surface area (Å²) in [5, 5.41) is 0. The maximum Gasteiger partial charge on any atom is 0.262 e. The monoisotopic (exact) mass is 337 g/mol. The average molecular weight is 337 g/mol. The summed E-state index contributed by atoms with van der Waals surface area (Å²) in [6.07, 6.45) is 3.18. The van der Waals surface area contributed by atoms with Crippen LogP contribution < -0.4 is 9.46 Å². The van der Waals surface area contributed by atoms with Gasteiger partial charge in [0.05, 0.1) is 12.0 Å². The molecule has 0 aromatic heterocycles. The van der Waals surface area contributed by atoms with Crippen LogP contribution in [0, 0.1) is 5.82 Å². The van der Waals surface area contributed by atoms with Crippen LogP contribution in [0.15, 0.2) is 47.4 Å². The molecule has 0 heterocycles. The fraction of sp³-hybridized carbons (Fsp3) is 0.294. The van der Waals surface area contributed by atoms with E-state index >= 15 is 0 Å². The van der Waals surface area contributed by atoms with Crippen LogP contribution in [-0.4, -0.2) is 15.5 Å². The van der Waals surface area contributed by atoms with Crippen molar-refractivity contribution in [3.05, 3.63) is 53.8 Å². The summed E-state index contributed by atoms with van der Waals surface area (Å²) in [6.45, 7) is 2.12. The fourth-order valence-corrected chi connectivity index (χ4v) is 3.22. The summed E-state index contributed by atoms with van der Waals surface area (Å²) in [7, 11) is -2.50. The van der Waals surface area contributed by atoms with E-state index in [0.717, 1.165) is 31.4 Å². The molecule has 0 saturated heterocycles. The van der Waals surface area contributed by atoms with Crippen LogP contribution in [0.3, 0.4) is 0 Å². The van der Waals surface area contributed by atoms with Crippen LogP contribution in [0.5, 0.6) is 5.75 Å². The third-order valence-corrected chi connectivity index (χ3v) is 4.84. The molecule has 0 atom stereocenters.